The monoisotopic (exact) mass is 374 g/mol. The molecule has 0 saturated carbocycles. The molecule has 1 atom stereocenters. The van der Waals surface area contributed by atoms with Crippen LogP contribution in [-0.4, -0.2) is 38.1 Å². The fourth-order valence-corrected chi connectivity index (χ4v) is 3.33. The first-order valence-electron chi connectivity index (χ1n) is 7.46. The lowest BCUT2D eigenvalue weighted by Crippen LogP contribution is -2.15. The van der Waals surface area contributed by atoms with Crippen molar-refractivity contribution in [3.8, 4) is 17.1 Å². The molecule has 0 amide bonds. The Bertz CT molecular complexity index is 885. The van der Waals surface area contributed by atoms with E-state index in [0.29, 0.717) is 16.0 Å². The van der Waals surface area contributed by atoms with Crippen molar-refractivity contribution in [2.45, 2.75) is 17.3 Å². The highest BCUT2D eigenvalue weighted by atomic mass is 35.5. The van der Waals surface area contributed by atoms with Gasteiger partial charge in [-0.2, -0.15) is 0 Å². The number of methoxy groups -OCH3 is 1. The van der Waals surface area contributed by atoms with Crippen LogP contribution in [0.15, 0.2) is 53.9 Å². The minimum absolute atomic E-state index is 0.325. The third kappa shape index (κ3) is 3.83. The molecule has 2 heterocycles. The Morgan fingerprint density at radius 2 is 2.12 bits per heavy atom. The lowest BCUT2D eigenvalue weighted by molar-refractivity contribution is -0.139. The van der Waals surface area contributed by atoms with Crippen molar-refractivity contribution < 1.29 is 9.53 Å². The van der Waals surface area contributed by atoms with Crippen LogP contribution in [0.3, 0.4) is 0 Å². The fourth-order valence-electron chi connectivity index (χ4n) is 2.25. The predicted molar refractivity (Wildman–Crippen MR) is 96.9 cm³/mol. The van der Waals surface area contributed by atoms with E-state index in [-0.39, 0.29) is 5.97 Å². The van der Waals surface area contributed by atoms with Crippen molar-refractivity contribution in [2.75, 3.05) is 7.11 Å². The van der Waals surface area contributed by atoms with Crippen molar-refractivity contribution >= 4 is 29.3 Å². The van der Waals surface area contributed by atoms with Gasteiger partial charge < -0.3 is 4.74 Å². The summed E-state index contributed by atoms with van der Waals surface area (Å²) in [5.74, 6) is 0.295. The minimum Gasteiger partial charge on any atom is -0.468 e. The molecule has 0 aliphatic carbocycles. The van der Waals surface area contributed by atoms with E-state index in [1.165, 1.54) is 18.9 Å². The van der Waals surface area contributed by atoms with E-state index in [0.717, 1.165) is 11.3 Å². The second-order valence-electron chi connectivity index (χ2n) is 5.15. The molecule has 0 radical (unpaired) electrons. The van der Waals surface area contributed by atoms with E-state index >= 15 is 0 Å². The molecule has 128 valence electrons. The lowest BCUT2D eigenvalue weighted by atomic mass is 10.2. The van der Waals surface area contributed by atoms with Gasteiger partial charge in [0.05, 0.1) is 12.8 Å². The number of halogens is 1. The van der Waals surface area contributed by atoms with Crippen molar-refractivity contribution in [3.63, 3.8) is 0 Å². The van der Waals surface area contributed by atoms with Crippen molar-refractivity contribution in [2.24, 2.45) is 0 Å². The van der Waals surface area contributed by atoms with Crippen LogP contribution in [0.4, 0.5) is 0 Å². The number of nitrogens with zero attached hydrogens (tertiary/aromatic N) is 4. The fraction of sp³-hybridized carbons (Fsp3) is 0.176. The minimum atomic E-state index is -0.422. The van der Waals surface area contributed by atoms with E-state index in [4.69, 9.17) is 16.3 Å². The molecule has 2 aromatic heterocycles. The molecule has 0 spiro atoms. The van der Waals surface area contributed by atoms with Gasteiger partial charge in [0.1, 0.15) is 5.25 Å². The van der Waals surface area contributed by atoms with Gasteiger partial charge in [0.25, 0.3) is 0 Å². The number of benzene rings is 1. The maximum Gasteiger partial charge on any atom is 0.318 e. The quantitative estimate of drug-likeness (QED) is 0.501. The molecule has 0 aliphatic rings. The standard InChI is InChI=1S/C17H15ClN4O2S/c1-11(16(23)24-2)25-17-21-20-15(12-5-4-8-19-10-12)22(17)14-7-3-6-13(18)9-14/h3-11H,1-2H3/t11-/m1/s1. The number of carbonyl (C=O) groups excluding carboxylic acids is 1. The van der Waals surface area contributed by atoms with E-state index < -0.39 is 5.25 Å². The molecule has 1 aromatic carbocycles. The van der Waals surface area contributed by atoms with E-state index in [2.05, 4.69) is 15.2 Å². The Morgan fingerprint density at radius 1 is 1.28 bits per heavy atom. The van der Waals surface area contributed by atoms with Crippen LogP contribution in [0.5, 0.6) is 0 Å². The SMILES string of the molecule is COC(=O)[C@@H](C)Sc1nnc(-c2cccnc2)n1-c1cccc(Cl)c1. The second-order valence-corrected chi connectivity index (χ2v) is 6.89. The van der Waals surface area contributed by atoms with Gasteiger partial charge in [0, 0.05) is 23.0 Å². The Balaban J connectivity index is 2.10. The summed E-state index contributed by atoms with van der Waals surface area (Å²) in [4.78, 5) is 15.9. The molecule has 0 saturated heterocycles. The number of ether oxygens (including phenoxy) is 1. The van der Waals surface area contributed by atoms with Crippen molar-refractivity contribution in [1.82, 2.24) is 19.7 Å². The van der Waals surface area contributed by atoms with Gasteiger partial charge in [-0.15, -0.1) is 10.2 Å². The van der Waals surface area contributed by atoms with Crippen LogP contribution in [0.2, 0.25) is 5.02 Å². The number of hydrogen-bond acceptors (Lipinski definition) is 6. The van der Waals surface area contributed by atoms with Gasteiger partial charge in [0.2, 0.25) is 0 Å². The third-order valence-electron chi connectivity index (χ3n) is 3.43. The highest BCUT2D eigenvalue weighted by molar-refractivity contribution is 8.00. The summed E-state index contributed by atoms with van der Waals surface area (Å²) >= 11 is 7.41. The van der Waals surface area contributed by atoms with Gasteiger partial charge in [-0.3, -0.25) is 14.3 Å². The topological polar surface area (TPSA) is 69.9 Å². The Labute approximate surface area is 154 Å². The number of rotatable bonds is 5. The van der Waals surface area contributed by atoms with Crippen molar-refractivity contribution in [3.05, 3.63) is 53.8 Å². The maximum atomic E-state index is 11.8. The summed E-state index contributed by atoms with van der Waals surface area (Å²) < 4.78 is 6.65. The number of hydrogen-bond donors (Lipinski definition) is 0. The van der Waals surface area contributed by atoms with Gasteiger partial charge in [0.15, 0.2) is 11.0 Å². The predicted octanol–water partition coefficient (Wildman–Crippen LogP) is 3.64. The molecular weight excluding hydrogens is 360 g/mol. The van der Waals surface area contributed by atoms with Crippen LogP contribution in [0.25, 0.3) is 17.1 Å². The molecule has 0 unspecified atom stereocenters. The van der Waals surface area contributed by atoms with Crippen LogP contribution in [-0.2, 0) is 9.53 Å². The zero-order valence-electron chi connectivity index (χ0n) is 13.6. The number of thioether (sulfide) groups is 1. The van der Waals surface area contributed by atoms with Gasteiger partial charge in [-0.1, -0.05) is 29.4 Å². The highest BCUT2D eigenvalue weighted by Crippen LogP contribution is 2.30. The average molecular weight is 375 g/mol. The molecule has 3 rings (SSSR count). The summed E-state index contributed by atoms with van der Waals surface area (Å²) in [5, 5.41) is 9.28. The number of aromatic nitrogens is 4. The number of carbonyl (C=O) groups is 1. The number of pyridine rings is 1. The lowest BCUT2D eigenvalue weighted by Gasteiger charge is -2.12. The van der Waals surface area contributed by atoms with Gasteiger partial charge >= 0.3 is 5.97 Å². The Kier molecular flexibility index (Phi) is 5.35. The Hall–Kier alpha value is -2.38. The third-order valence-corrected chi connectivity index (χ3v) is 4.69. The van der Waals surface area contributed by atoms with Crippen molar-refractivity contribution in [1.29, 1.82) is 0 Å². The van der Waals surface area contributed by atoms with Crippen LogP contribution in [0, 0.1) is 0 Å². The first kappa shape index (κ1) is 17.4. The zero-order valence-corrected chi connectivity index (χ0v) is 15.2. The van der Waals surface area contributed by atoms with E-state index in [1.54, 1.807) is 25.4 Å². The molecule has 8 heteroatoms. The molecular formula is C17H15ClN4O2S. The number of esters is 1. The normalized spacial score (nSPS) is 12.0. The first-order chi connectivity index (χ1) is 12.1. The first-order valence-corrected chi connectivity index (χ1v) is 8.72. The molecule has 25 heavy (non-hydrogen) atoms. The van der Waals surface area contributed by atoms with Gasteiger partial charge in [-0.05, 0) is 37.3 Å². The second kappa shape index (κ2) is 7.67. The molecule has 0 N–H and O–H groups in total. The Morgan fingerprint density at radius 3 is 2.80 bits per heavy atom. The highest BCUT2D eigenvalue weighted by Gasteiger charge is 2.22. The van der Waals surface area contributed by atoms with E-state index in [1.807, 2.05) is 34.9 Å². The smallest absolute Gasteiger partial charge is 0.318 e. The average Bonchev–Trinajstić information content (AvgIpc) is 3.05. The summed E-state index contributed by atoms with van der Waals surface area (Å²) in [6, 6.07) is 11.1. The molecule has 0 aliphatic heterocycles. The molecule has 0 fully saturated rings. The molecule has 0 bridgehead atoms. The summed E-state index contributed by atoms with van der Waals surface area (Å²) in [6.45, 7) is 1.76. The van der Waals surface area contributed by atoms with Gasteiger partial charge in [-0.25, -0.2) is 0 Å². The largest absolute Gasteiger partial charge is 0.468 e. The zero-order chi connectivity index (χ0) is 17.8. The summed E-state index contributed by atoms with van der Waals surface area (Å²) in [5.41, 5.74) is 1.61. The van der Waals surface area contributed by atoms with Crippen LogP contribution in [0.1, 0.15) is 6.92 Å². The summed E-state index contributed by atoms with van der Waals surface area (Å²) in [6.07, 6.45) is 3.40. The molecule has 3 aromatic rings. The van der Waals surface area contributed by atoms with Crippen LogP contribution >= 0.6 is 23.4 Å². The van der Waals surface area contributed by atoms with Crippen LogP contribution < -0.4 is 0 Å². The van der Waals surface area contributed by atoms with E-state index in [9.17, 15) is 4.79 Å². The molecule has 6 nitrogen and oxygen atoms in total. The summed E-state index contributed by atoms with van der Waals surface area (Å²) in [7, 11) is 1.36. The maximum absolute atomic E-state index is 11.8.